The molecule has 1 heterocycles. The van der Waals surface area contributed by atoms with E-state index < -0.39 is 0 Å². The van der Waals surface area contributed by atoms with Gasteiger partial charge in [0, 0.05) is 35.1 Å². The molecule has 1 aromatic carbocycles. The van der Waals surface area contributed by atoms with E-state index >= 15 is 0 Å². The molecule has 0 aliphatic carbocycles. The number of anilines is 1. The summed E-state index contributed by atoms with van der Waals surface area (Å²) in [6, 6.07) is 6.53. The van der Waals surface area contributed by atoms with E-state index in [9.17, 15) is 4.79 Å². The minimum Gasteiger partial charge on any atom is -0.398 e. The summed E-state index contributed by atoms with van der Waals surface area (Å²) < 4.78 is 0. The Morgan fingerprint density at radius 2 is 2.06 bits per heavy atom. The molecule has 0 aliphatic rings. The summed E-state index contributed by atoms with van der Waals surface area (Å²) in [6.45, 7) is 0. The van der Waals surface area contributed by atoms with Crippen LogP contribution in [0, 0.1) is 0 Å². The van der Waals surface area contributed by atoms with Crippen molar-refractivity contribution in [1.29, 1.82) is 0 Å². The molecule has 18 heavy (non-hydrogen) atoms. The normalized spacial score (nSPS) is 10.3. The molecule has 0 spiro atoms. The van der Waals surface area contributed by atoms with Crippen molar-refractivity contribution in [2.45, 2.75) is 6.42 Å². The van der Waals surface area contributed by atoms with Crippen LogP contribution in [0.2, 0.25) is 10.0 Å². The second kappa shape index (κ2) is 5.38. The minimum atomic E-state index is -0.0998. The number of carbonyl (C=O) groups is 1. The summed E-state index contributed by atoms with van der Waals surface area (Å²) in [4.78, 5) is 16.0. The lowest BCUT2D eigenvalue weighted by atomic mass is 10.0. The van der Waals surface area contributed by atoms with E-state index in [2.05, 4.69) is 4.98 Å². The van der Waals surface area contributed by atoms with Crippen LogP contribution >= 0.6 is 23.2 Å². The number of nitrogen functional groups attached to an aromatic ring is 1. The highest BCUT2D eigenvalue weighted by atomic mass is 35.5. The molecular formula is C13H10Cl2N2O. The summed E-state index contributed by atoms with van der Waals surface area (Å²) in [5.41, 5.74) is 7.32. The molecule has 2 aromatic rings. The van der Waals surface area contributed by atoms with Gasteiger partial charge in [-0.15, -0.1) is 0 Å². The van der Waals surface area contributed by atoms with Crippen LogP contribution < -0.4 is 5.73 Å². The SMILES string of the molecule is Nc1cc(Cl)ccc1C(=O)Cc1ccncc1Cl. The van der Waals surface area contributed by atoms with Crippen LogP contribution in [-0.2, 0) is 6.42 Å². The number of rotatable bonds is 3. The fourth-order valence-electron chi connectivity index (χ4n) is 1.60. The Morgan fingerprint density at radius 1 is 1.28 bits per heavy atom. The zero-order valence-corrected chi connectivity index (χ0v) is 10.9. The molecule has 0 saturated heterocycles. The lowest BCUT2D eigenvalue weighted by Crippen LogP contribution is -2.07. The molecule has 1 aromatic heterocycles. The maximum absolute atomic E-state index is 12.1. The summed E-state index contributed by atoms with van der Waals surface area (Å²) in [7, 11) is 0. The quantitative estimate of drug-likeness (QED) is 0.693. The van der Waals surface area contributed by atoms with Crippen LogP contribution in [0.5, 0.6) is 0 Å². The number of nitrogens with two attached hydrogens (primary N) is 1. The Kier molecular flexibility index (Phi) is 3.84. The highest BCUT2D eigenvalue weighted by molar-refractivity contribution is 6.31. The highest BCUT2D eigenvalue weighted by Gasteiger charge is 2.12. The lowest BCUT2D eigenvalue weighted by molar-refractivity contribution is 0.0994. The highest BCUT2D eigenvalue weighted by Crippen LogP contribution is 2.21. The van der Waals surface area contributed by atoms with E-state index in [0.717, 1.165) is 5.56 Å². The molecule has 92 valence electrons. The molecule has 3 nitrogen and oxygen atoms in total. The van der Waals surface area contributed by atoms with Crippen LogP contribution in [0.15, 0.2) is 36.7 Å². The van der Waals surface area contributed by atoms with Crippen molar-refractivity contribution in [1.82, 2.24) is 4.98 Å². The van der Waals surface area contributed by atoms with Crippen molar-refractivity contribution in [3.63, 3.8) is 0 Å². The van der Waals surface area contributed by atoms with Gasteiger partial charge in [0.15, 0.2) is 5.78 Å². The number of benzene rings is 1. The van der Waals surface area contributed by atoms with Crippen molar-refractivity contribution >= 4 is 34.7 Å². The fourth-order valence-corrected chi connectivity index (χ4v) is 1.97. The van der Waals surface area contributed by atoms with E-state index in [1.807, 2.05) is 0 Å². The van der Waals surface area contributed by atoms with Crippen LogP contribution in [0.25, 0.3) is 0 Å². The van der Waals surface area contributed by atoms with E-state index in [4.69, 9.17) is 28.9 Å². The zero-order chi connectivity index (χ0) is 13.1. The Balaban J connectivity index is 2.25. The monoisotopic (exact) mass is 280 g/mol. The molecule has 2 rings (SSSR count). The molecule has 0 radical (unpaired) electrons. The van der Waals surface area contributed by atoms with Crippen LogP contribution in [-0.4, -0.2) is 10.8 Å². The van der Waals surface area contributed by atoms with Gasteiger partial charge >= 0.3 is 0 Å². The molecule has 2 N–H and O–H groups in total. The smallest absolute Gasteiger partial charge is 0.169 e. The third-order valence-corrected chi connectivity index (χ3v) is 3.10. The van der Waals surface area contributed by atoms with Crippen molar-refractivity contribution in [2.24, 2.45) is 0 Å². The predicted molar refractivity (Wildman–Crippen MR) is 73.1 cm³/mol. The molecule has 0 amide bonds. The van der Waals surface area contributed by atoms with E-state index in [1.54, 1.807) is 30.5 Å². The average Bonchev–Trinajstić information content (AvgIpc) is 2.32. The van der Waals surface area contributed by atoms with Crippen LogP contribution in [0.4, 0.5) is 5.69 Å². The van der Waals surface area contributed by atoms with Gasteiger partial charge in [-0.1, -0.05) is 23.2 Å². The number of pyridine rings is 1. The van der Waals surface area contributed by atoms with Gasteiger partial charge in [0.05, 0.1) is 5.02 Å². The first-order chi connectivity index (χ1) is 8.58. The number of Topliss-reactive ketones (excluding diaryl/α,β-unsaturated/α-hetero) is 1. The molecular weight excluding hydrogens is 271 g/mol. The summed E-state index contributed by atoms with van der Waals surface area (Å²) in [6.07, 6.45) is 3.29. The van der Waals surface area contributed by atoms with Crippen molar-refractivity contribution < 1.29 is 4.79 Å². The van der Waals surface area contributed by atoms with Crippen molar-refractivity contribution in [3.8, 4) is 0 Å². The van der Waals surface area contributed by atoms with Gasteiger partial charge in [0.1, 0.15) is 0 Å². The minimum absolute atomic E-state index is 0.0998. The van der Waals surface area contributed by atoms with Crippen molar-refractivity contribution in [3.05, 3.63) is 57.8 Å². The van der Waals surface area contributed by atoms with E-state index in [-0.39, 0.29) is 12.2 Å². The largest absolute Gasteiger partial charge is 0.398 e. The van der Waals surface area contributed by atoms with Gasteiger partial charge in [-0.3, -0.25) is 9.78 Å². The molecule has 0 aliphatic heterocycles. The first-order valence-corrected chi connectivity index (χ1v) is 6.00. The average molecular weight is 281 g/mol. The maximum Gasteiger partial charge on any atom is 0.169 e. The topological polar surface area (TPSA) is 56.0 Å². The second-order valence-corrected chi connectivity index (χ2v) is 4.64. The lowest BCUT2D eigenvalue weighted by Gasteiger charge is -2.06. The van der Waals surface area contributed by atoms with Gasteiger partial charge in [-0.05, 0) is 29.8 Å². The van der Waals surface area contributed by atoms with Gasteiger partial charge in [-0.2, -0.15) is 0 Å². The third kappa shape index (κ3) is 2.81. The number of aromatic nitrogens is 1. The van der Waals surface area contributed by atoms with Gasteiger partial charge in [0.2, 0.25) is 0 Å². The number of carbonyl (C=O) groups excluding carboxylic acids is 1. The fraction of sp³-hybridized carbons (Fsp3) is 0.0769. The molecule has 0 saturated carbocycles. The summed E-state index contributed by atoms with van der Waals surface area (Å²) in [5.74, 6) is -0.0998. The molecule has 5 heteroatoms. The third-order valence-electron chi connectivity index (χ3n) is 2.52. The Morgan fingerprint density at radius 3 is 2.72 bits per heavy atom. The van der Waals surface area contributed by atoms with Gasteiger partial charge in [-0.25, -0.2) is 0 Å². The van der Waals surface area contributed by atoms with Crippen LogP contribution in [0.1, 0.15) is 15.9 Å². The standard InChI is InChI=1S/C13H10Cl2N2O/c14-9-1-2-10(12(16)6-9)13(18)5-8-3-4-17-7-11(8)15/h1-4,6-7H,5,16H2. The Labute approximate surface area is 115 Å². The number of ketones is 1. The zero-order valence-electron chi connectivity index (χ0n) is 9.36. The van der Waals surface area contributed by atoms with Gasteiger partial charge < -0.3 is 5.73 Å². The molecule has 0 fully saturated rings. The predicted octanol–water partition coefficient (Wildman–Crippen LogP) is 3.40. The maximum atomic E-state index is 12.1. The summed E-state index contributed by atoms with van der Waals surface area (Å²) in [5, 5.41) is 0.976. The second-order valence-electron chi connectivity index (χ2n) is 3.80. The number of hydrogen-bond acceptors (Lipinski definition) is 3. The molecule has 0 bridgehead atoms. The summed E-state index contributed by atoms with van der Waals surface area (Å²) >= 11 is 11.7. The van der Waals surface area contributed by atoms with Gasteiger partial charge in [0.25, 0.3) is 0 Å². The Bertz CT molecular complexity index is 599. The number of hydrogen-bond donors (Lipinski definition) is 1. The number of halogens is 2. The number of nitrogens with zero attached hydrogens (tertiary/aromatic N) is 1. The molecule has 0 atom stereocenters. The molecule has 0 unspecified atom stereocenters. The van der Waals surface area contributed by atoms with E-state index in [1.165, 1.54) is 6.20 Å². The van der Waals surface area contributed by atoms with Crippen molar-refractivity contribution in [2.75, 3.05) is 5.73 Å². The van der Waals surface area contributed by atoms with E-state index in [0.29, 0.717) is 21.3 Å². The first-order valence-electron chi connectivity index (χ1n) is 5.24. The van der Waals surface area contributed by atoms with Crippen LogP contribution in [0.3, 0.4) is 0 Å². The Hall–Kier alpha value is -1.58. The first kappa shape index (κ1) is 12.9.